The van der Waals surface area contributed by atoms with Gasteiger partial charge in [-0.25, -0.2) is 4.79 Å². The van der Waals surface area contributed by atoms with E-state index in [1.54, 1.807) is 0 Å². The maximum Gasteiger partial charge on any atom is 0.407 e. The summed E-state index contributed by atoms with van der Waals surface area (Å²) < 4.78 is 5.46. The highest BCUT2D eigenvalue weighted by molar-refractivity contribution is 5.65. The van der Waals surface area contributed by atoms with Crippen molar-refractivity contribution in [3.63, 3.8) is 0 Å². The second-order valence-electron chi connectivity index (χ2n) is 6.68. The second-order valence-corrected chi connectivity index (χ2v) is 6.68. The predicted molar refractivity (Wildman–Crippen MR) is 75.2 cm³/mol. The van der Waals surface area contributed by atoms with Crippen molar-refractivity contribution < 1.29 is 14.6 Å². The molecule has 3 N–H and O–H groups in total. The smallest absolute Gasteiger partial charge is 0.407 e. The molecule has 0 unspecified atom stereocenters. The lowest BCUT2D eigenvalue weighted by Gasteiger charge is -2.36. The zero-order valence-corrected chi connectivity index (χ0v) is 12.4. The quantitative estimate of drug-likeness (QED) is 0.804. The van der Waals surface area contributed by atoms with Crippen LogP contribution in [0.25, 0.3) is 0 Å². The highest BCUT2D eigenvalue weighted by Gasteiger charge is 2.29. The number of carboxylic acid groups (broad SMARTS) is 1. The van der Waals surface area contributed by atoms with E-state index in [1.165, 1.54) is 4.90 Å². The van der Waals surface area contributed by atoms with Crippen LogP contribution in [0.1, 0.15) is 40.0 Å². The Hall–Kier alpha value is -0.810. The number of carbonyl (C=O) groups is 1. The van der Waals surface area contributed by atoms with E-state index >= 15 is 0 Å². The Morgan fingerprint density at radius 1 is 1.53 bits per heavy atom. The zero-order valence-electron chi connectivity index (χ0n) is 12.4. The Morgan fingerprint density at radius 3 is 2.63 bits per heavy atom. The number of nitrogens with zero attached hydrogens (tertiary/aromatic N) is 1. The molecule has 1 fully saturated rings. The van der Waals surface area contributed by atoms with Crippen LogP contribution in [0.2, 0.25) is 0 Å². The molecule has 0 aromatic carbocycles. The van der Waals surface area contributed by atoms with E-state index in [4.69, 9.17) is 10.5 Å². The number of amides is 1. The topological polar surface area (TPSA) is 75.8 Å². The van der Waals surface area contributed by atoms with Gasteiger partial charge in [0.2, 0.25) is 0 Å². The molecule has 5 nitrogen and oxygen atoms in total. The Balaban J connectivity index is 2.64. The molecule has 1 aliphatic rings. The fourth-order valence-electron chi connectivity index (χ4n) is 2.59. The van der Waals surface area contributed by atoms with Gasteiger partial charge in [-0.2, -0.15) is 0 Å². The van der Waals surface area contributed by atoms with Crippen LogP contribution >= 0.6 is 0 Å². The first-order valence-corrected chi connectivity index (χ1v) is 7.11. The standard InChI is InChI=1S/C14H28N2O3/c1-14(2,3)10-16(13(17)18)12(8-15)7-11-5-4-6-19-9-11/h11-12H,4-10,15H2,1-3H3,(H,17,18)/t11-,12-/m1/s1. The molecular formula is C14H28N2O3. The van der Waals surface area contributed by atoms with Crippen LogP contribution in [0.3, 0.4) is 0 Å². The van der Waals surface area contributed by atoms with E-state index in [2.05, 4.69) is 0 Å². The number of nitrogens with two attached hydrogens (primary N) is 1. The number of hydrogen-bond acceptors (Lipinski definition) is 3. The minimum Gasteiger partial charge on any atom is -0.465 e. The van der Waals surface area contributed by atoms with Gasteiger partial charge in [-0.3, -0.25) is 0 Å². The molecule has 0 bridgehead atoms. The molecule has 1 saturated heterocycles. The third-order valence-electron chi connectivity index (χ3n) is 3.46. The summed E-state index contributed by atoms with van der Waals surface area (Å²) in [5, 5.41) is 9.41. The average molecular weight is 272 g/mol. The molecule has 1 aliphatic heterocycles. The van der Waals surface area contributed by atoms with Crippen LogP contribution in [0.15, 0.2) is 0 Å². The van der Waals surface area contributed by atoms with E-state index in [9.17, 15) is 9.90 Å². The highest BCUT2D eigenvalue weighted by atomic mass is 16.5. The lowest BCUT2D eigenvalue weighted by molar-refractivity contribution is 0.0343. The lowest BCUT2D eigenvalue weighted by Crippen LogP contribution is -2.48. The van der Waals surface area contributed by atoms with Crippen LogP contribution in [0, 0.1) is 11.3 Å². The minimum atomic E-state index is -0.873. The summed E-state index contributed by atoms with van der Waals surface area (Å²) in [5.41, 5.74) is 5.74. The van der Waals surface area contributed by atoms with Crippen molar-refractivity contribution in [2.75, 3.05) is 26.3 Å². The van der Waals surface area contributed by atoms with Crippen LogP contribution in [0.4, 0.5) is 4.79 Å². The molecule has 0 spiro atoms. The van der Waals surface area contributed by atoms with Gasteiger partial charge < -0.3 is 20.5 Å². The Morgan fingerprint density at radius 2 is 2.21 bits per heavy atom. The third-order valence-corrected chi connectivity index (χ3v) is 3.46. The Kier molecular flexibility index (Phi) is 6.07. The lowest BCUT2D eigenvalue weighted by atomic mass is 9.91. The number of rotatable bonds is 5. The summed E-state index contributed by atoms with van der Waals surface area (Å²) in [6.07, 6.45) is 2.11. The average Bonchev–Trinajstić information content (AvgIpc) is 2.33. The molecular weight excluding hydrogens is 244 g/mol. The molecule has 2 atom stereocenters. The van der Waals surface area contributed by atoms with Gasteiger partial charge >= 0.3 is 6.09 Å². The van der Waals surface area contributed by atoms with E-state index in [0.29, 0.717) is 19.0 Å². The molecule has 1 rings (SSSR count). The Bertz CT molecular complexity index is 283. The van der Waals surface area contributed by atoms with Crippen molar-refractivity contribution in [3.8, 4) is 0 Å². The molecule has 0 aliphatic carbocycles. The van der Waals surface area contributed by atoms with E-state index in [1.807, 2.05) is 20.8 Å². The second kappa shape index (κ2) is 7.10. The van der Waals surface area contributed by atoms with E-state index in [0.717, 1.165) is 32.5 Å². The van der Waals surface area contributed by atoms with Gasteiger partial charge in [0.05, 0.1) is 0 Å². The van der Waals surface area contributed by atoms with Crippen LogP contribution in [-0.4, -0.2) is 48.4 Å². The maximum atomic E-state index is 11.5. The first-order chi connectivity index (χ1) is 8.83. The van der Waals surface area contributed by atoms with Crippen molar-refractivity contribution in [3.05, 3.63) is 0 Å². The minimum absolute atomic E-state index is 0.0606. The molecule has 0 saturated carbocycles. The number of hydrogen-bond donors (Lipinski definition) is 2. The van der Waals surface area contributed by atoms with Gasteiger partial charge in [-0.15, -0.1) is 0 Å². The Labute approximate surface area is 116 Å². The van der Waals surface area contributed by atoms with Gasteiger partial charge in [0.25, 0.3) is 0 Å². The van der Waals surface area contributed by atoms with Crippen molar-refractivity contribution >= 4 is 6.09 Å². The molecule has 1 amide bonds. The fraction of sp³-hybridized carbons (Fsp3) is 0.929. The monoisotopic (exact) mass is 272 g/mol. The van der Waals surface area contributed by atoms with E-state index < -0.39 is 6.09 Å². The number of ether oxygens (including phenoxy) is 1. The SMILES string of the molecule is CC(C)(C)CN(C(=O)O)[C@@H](CN)C[C@H]1CCCOC1. The molecule has 0 aromatic rings. The first kappa shape index (κ1) is 16.2. The summed E-state index contributed by atoms with van der Waals surface area (Å²) in [7, 11) is 0. The summed E-state index contributed by atoms with van der Waals surface area (Å²) in [5.74, 6) is 0.434. The summed E-state index contributed by atoms with van der Waals surface area (Å²) in [6.45, 7) is 8.57. The highest BCUT2D eigenvalue weighted by Crippen LogP contribution is 2.24. The van der Waals surface area contributed by atoms with Gasteiger partial charge in [0.1, 0.15) is 0 Å². The van der Waals surface area contributed by atoms with E-state index in [-0.39, 0.29) is 11.5 Å². The van der Waals surface area contributed by atoms with Crippen molar-refractivity contribution in [1.29, 1.82) is 0 Å². The summed E-state index contributed by atoms with van der Waals surface area (Å²) >= 11 is 0. The third kappa shape index (κ3) is 5.78. The van der Waals surface area contributed by atoms with Crippen molar-refractivity contribution in [2.24, 2.45) is 17.1 Å². The largest absolute Gasteiger partial charge is 0.465 e. The van der Waals surface area contributed by atoms with Gasteiger partial charge in [-0.05, 0) is 30.6 Å². The predicted octanol–water partition coefficient (Wildman–Crippen LogP) is 2.16. The van der Waals surface area contributed by atoms with Gasteiger partial charge in [0, 0.05) is 32.3 Å². The fourth-order valence-corrected chi connectivity index (χ4v) is 2.59. The van der Waals surface area contributed by atoms with Crippen LogP contribution < -0.4 is 5.73 Å². The zero-order chi connectivity index (χ0) is 14.5. The molecule has 0 radical (unpaired) electrons. The van der Waals surface area contributed by atoms with Gasteiger partial charge in [-0.1, -0.05) is 20.8 Å². The van der Waals surface area contributed by atoms with Crippen molar-refractivity contribution in [2.45, 2.75) is 46.1 Å². The molecule has 0 aromatic heterocycles. The summed E-state index contributed by atoms with van der Waals surface area (Å²) in [6, 6.07) is -0.108. The first-order valence-electron chi connectivity index (χ1n) is 7.11. The van der Waals surface area contributed by atoms with Crippen molar-refractivity contribution in [1.82, 2.24) is 4.90 Å². The van der Waals surface area contributed by atoms with Gasteiger partial charge in [0.15, 0.2) is 0 Å². The maximum absolute atomic E-state index is 11.5. The van der Waals surface area contributed by atoms with Crippen LogP contribution in [0.5, 0.6) is 0 Å². The summed E-state index contributed by atoms with van der Waals surface area (Å²) in [4.78, 5) is 13.0. The molecule has 112 valence electrons. The molecule has 19 heavy (non-hydrogen) atoms. The van der Waals surface area contributed by atoms with Crippen LogP contribution in [-0.2, 0) is 4.74 Å². The molecule has 1 heterocycles. The normalized spacial score (nSPS) is 22.0. The molecule has 5 heteroatoms.